The molecule has 2 aliphatic heterocycles. The van der Waals surface area contributed by atoms with E-state index in [2.05, 4.69) is 17.6 Å². The highest BCUT2D eigenvalue weighted by Crippen LogP contribution is 2.16. The summed E-state index contributed by atoms with van der Waals surface area (Å²) >= 11 is 0. The molecule has 0 aromatic heterocycles. The molecule has 2 unspecified atom stereocenters. The summed E-state index contributed by atoms with van der Waals surface area (Å²) in [5.41, 5.74) is 0. The molecule has 5 heteroatoms. The van der Waals surface area contributed by atoms with E-state index in [1.165, 1.54) is 6.42 Å². The SMILES string of the molecule is CC1CC(C(=O)NCCC(=O)N2CCCCC2)CCN1. The lowest BCUT2D eigenvalue weighted by Gasteiger charge is -2.28. The Labute approximate surface area is 121 Å². The molecule has 2 fully saturated rings. The smallest absolute Gasteiger partial charge is 0.224 e. The molecule has 2 atom stereocenters. The second-order valence-corrected chi connectivity index (χ2v) is 6.06. The summed E-state index contributed by atoms with van der Waals surface area (Å²) in [4.78, 5) is 25.9. The summed E-state index contributed by atoms with van der Waals surface area (Å²) in [6.07, 6.45) is 5.69. The number of carbonyl (C=O) groups excluding carboxylic acids is 2. The molecule has 0 spiro atoms. The Kier molecular flexibility index (Phi) is 5.83. The monoisotopic (exact) mass is 281 g/mol. The number of nitrogens with one attached hydrogen (secondary N) is 2. The maximum absolute atomic E-state index is 12.0. The van der Waals surface area contributed by atoms with E-state index in [9.17, 15) is 9.59 Å². The molecule has 0 saturated carbocycles. The van der Waals surface area contributed by atoms with E-state index in [0.29, 0.717) is 19.0 Å². The first-order chi connectivity index (χ1) is 9.66. The molecule has 2 saturated heterocycles. The molecule has 2 amide bonds. The average molecular weight is 281 g/mol. The summed E-state index contributed by atoms with van der Waals surface area (Å²) in [7, 11) is 0. The van der Waals surface area contributed by atoms with Crippen molar-refractivity contribution in [3.63, 3.8) is 0 Å². The summed E-state index contributed by atoms with van der Waals surface area (Å²) in [5, 5.41) is 6.27. The highest BCUT2D eigenvalue weighted by Gasteiger charge is 2.24. The number of nitrogens with zero attached hydrogens (tertiary/aromatic N) is 1. The van der Waals surface area contributed by atoms with Gasteiger partial charge in [-0.05, 0) is 45.6 Å². The standard InChI is InChI=1S/C15H27N3O2/c1-12-11-13(5-7-16-12)15(20)17-8-6-14(19)18-9-3-2-4-10-18/h12-13,16H,2-11H2,1H3,(H,17,20). The Morgan fingerprint density at radius 3 is 2.70 bits per heavy atom. The van der Waals surface area contributed by atoms with Crippen LogP contribution in [0, 0.1) is 5.92 Å². The normalized spacial score (nSPS) is 27.1. The molecule has 0 aromatic rings. The topological polar surface area (TPSA) is 61.4 Å². The van der Waals surface area contributed by atoms with E-state index in [1.807, 2.05) is 4.90 Å². The molecule has 0 aromatic carbocycles. The van der Waals surface area contributed by atoms with Gasteiger partial charge >= 0.3 is 0 Å². The van der Waals surface area contributed by atoms with Gasteiger partial charge in [0.1, 0.15) is 0 Å². The van der Waals surface area contributed by atoms with Crippen molar-refractivity contribution >= 4 is 11.8 Å². The zero-order valence-electron chi connectivity index (χ0n) is 12.5. The fraction of sp³-hybridized carbons (Fsp3) is 0.867. The van der Waals surface area contributed by atoms with Crippen LogP contribution >= 0.6 is 0 Å². The molecule has 0 bridgehead atoms. The molecular weight excluding hydrogens is 254 g/mol. The molecular formula is C15H27N3O2. The molecule has 20 heavy (non-hydrogen) atoms. The number of hydrogen-bond acceptors (Lipinski definition) is 3. The van der Waals surface area contributed by atoms with Crippen LogP contribution in [0.3, 0.4) is 0 Å². The molecule has 2 rings (SSSR count). The van der Waals surface area contributed by atoms with Gasteiger partial charge in [-0.1, -0.05) is 0 Å². The average Bonchev–Trinajstić information content (AvgIpc) is 2.48. The van der Waals surface area contributed by atoms with E-state index in [1.54, 1.807) is 0 Å². The highest BCUT2D eigenvalue weighted by atomic mass is 16.2. The third-order valence-corrected chi connectivity index (χ3v) is 4.34. The minimum Gasteiger partial charge on any atom is -0.355 e. The fourth-order valence-electron chi connectivity index (χ4n) is 3.11. The fourth-order valence-corrected chi connectivity index (χ4v) is 3.11. The molecule has 0 radical (unpaired) electrons. The van der Waals surface area contributed by atoms with Gasteiger partial charge in [0, 0.05) is 38.0 Å². The number of carbonyl (C=O) groups is 2. The highest BCUT2D eigenvalue weighted by molar-refractivity contribution is 5.80. The van der Waals surface area contributed by atoms with Gasteiger partial charge in [0.25, 0.3) is 0 Å². The summed E-state index contributed by atoms with van der Waals surface area (Å²) in [5.74, 6) is 0.407. The lowest BCUT2D eigenvalue weighted by atomic mass is 9.92. The van der Waals surface area contributed by atoms with Gasteiger partial charge in [-0.2, -0.15) is 0 Å². The molecule has 2 heterocycles. The van der Waals surface area contributed by atoms with Gasteiger partial charge in [0.15, 0.2) is 0 Å². The van der Waals surface area contributed by atoms with E-state index in [-0.39, 0.29) is 17.7 Å². The van der Waals surface area contributed by atoms with Crippen molar-refractivity contribution in [1.82, 2.24) is 15.5 Å². The van der Waals surface area contributed by atoms with Crippen molar-refractivity contribution in [1.29, 1.82) is 0 Å². The van der Waals surface area contributed by atoms with Crippen molar-refractivity contribution in [2.24, 2.45) is 5.92 Å². The second-order valence-electron chi connectivity index (χ2n) is 6.06. The van der Waals surface area contributed by atoms with Gasteiger partial charge in [-0.25, -0.2) is 0 Å². The predicted molar refractivity (Wildman–Crippen MR) is 78.2 cm³/mol. The first kappa shape index (κ1) is 15.3. The molecule has 0 aliphatic carbocycles. The largest absolute Gasteiger partial charge is 0.355 e. The zero-order chi connectivity index (χ0) is 14.4. The third kappa shape index (κ3) is 4.47. The summed E-state index contributed by atoms with van der Waals surface area (Å²) in [6.45, 7) is 5.27. The summed E-state index contributed by atoms with van der Waals surface area (Å²) < 4.78 is 0. The number of piperidine rings is 2. The van der Waals surface area contributed by atoms with E-state index >= 15 is 0 Å². The van der Waals surface area contributed by atoms with Gasteiger partial charge in [0.05, 0.1) is 0 Å². The number of rotatable bonds is 4. The Hall–Kier alpha value is -1.10. The number of hydrogen-bond donors (Lipinski definition) is 2. The maximum Gasteiger partial charge on any atom is 0.224 e. The van der Waals surface area contributed by atoms with E-state index < -0.39 is 0 Å². The number of likely N-dealkylation sites (tertiary alicyclic amines) is 1. The van der Waals surface area contributed by atoms with Crippen molar-refractivity contribution < 1.29 is 9.59 Å². The van der Waals surface area contributed by atoms with Crippen LogP contribution in [0.2, 0.25) is 0 Å². The van der Waals surface area contributed by atoms with Crippen molar-refractivity contribution in [3.05, 3.63) is 0 Å². The lowest BCUT2D eigenvalue weighted by Crippen LogP contribution is -2.43. The van der Waals surface area contributed by atoms with Crippen LogP contribution < -0.4 is 10.6 Å². The van der Waals surface area contributed by atoms with Gasteiger partial charge in [0.2, 0.25) is 11.8 Å². The van der Waals surface area contributed by atoms with Crippen LogP contribution in [0.5, 0.6) is 0 Å². The Morgan fingerprint density at radius 1 is 1.25 bits per heavy atom. The van der Waals surface area contributed by atoms with Gasteiger partial charge in [-0.15, -0.1) is 0 Å². The second kappa shape index (κ2) is 7.62. The molecule has 5 nitrogen and oxygen atoms in total. The zero-order valence-corrected chi connectivity index (χ0v) is 12.5. The van der Waals surface area contributed by atoms with E-state index in [4.69, 9.17) is 0 Å². The van der Waals surface area contributed by atoms with Crippen LogP contribution in [0.1, 0.15) is 45.4 Å². The molecule has 2 N–H and O–H groups in total. The minimum atomic E-state index is 0.108. The first-order valence-corrected chi connectivity index (χ1v) is 7.95. The molecule has 114 valence electrons. The Balaban J connectivity index is 1.64. The maximum atomic E-state index is 12.0. The lowest BCUT2D eigenvalue weighted by molar-refractivity contribution is -0.132. The molecule has 2 aliphatic rings. The first-order valence-electron chi connectivity index (χ1n) is 7.95. The van der Waals surface area contributed by atoms with Gasteiger partial charge in [-0.3, -0.25) is 9.59 Å². The third-order valence-electron chi connectivity index (χ3n) is 4.34. The van der Waals surface area contributed by atoms with Crippen molar-refractivity contribution in [2.75, 3.05) is 26.2 Å². The van der Waals surface area contributed by atoms with Crippen LogP contribution in [-0.4, -0.2) is 48.9 Å². The van der Waals surface area contributed by atoms with Crippen LogP contribution in [0.25, 0.3) is 0 Å². The minimum absolute atomic E-state index is 0.108. The number of amides is 2. The Morgan fingerprint density at radius 2 is 2.00 bits per heavy atom. The van der Waals surface area contributed by atoms with Gasteiger partial charge < -0.3 is 15.5 Å². The van der Waals surface area contributed by atoms with Crippen molar-refractivity contribution in [2.45, 2.75) is 51.5 Å². The summed E-state index contributed by atoms with van der Waals surface area (Å²) in [6, 6.07) is 0.412. The predicted octanol–water partition coefficient (Wildman–Crippen LogP) is 0.893. The van der Waals surface area contributed by atoms with E-state index in [0.717, 1.165) is 45.3 Å². The van der Waals surface area contributed by atoms with Crippen LogP contribution in [0.15, 0.2) is 0 Å². The quantitative estimate of drug-likeness (QED) is 0.804. The Bertz CT molecular complexity index is 340. The van der Waals surface area contributed by atoms with Crippen LogP contribution in [0.4, 0.5) is 0 Å². The van der Waals surface area contributed by atoms with Crippen molar-refractivity contribution in [3.8, 4) is 0 Å². The van der Waals surface area contributed by atoms with Crippen LogP contribution in [-0.2, 0) is 9.59 Å².